The molecule has 0 radical (unpaired) electrons. The van der Waals surface area contributed by atoms with Gasteiger partial charge in [-0.1, -0.05) is 24.4 Å². The molecule has 0 aliphatic heterocycles. The van der Waals surface area contributed by atoms with E-state index in [4.69, 9.17) is 45.4 Å². The number of hydrogen-bond donors (Lipinski definition) is 2. The van der Waals surface area contributed by atoms with Crippen molar-refractivity contribution in [2.75, 3.05) is 26.2 Å². The lowest BCUT2D eigenvalue weighted by Crippen LogP contribution is -2.42. The van der Waals surface area contributed by atoms with E-state index in [0.717, 1.165) is 0 Å². The zero-order valence-electron chi connectivity index (χ0n) is 18.4. The Balaban J connectivity index is 4.99. The van der Waals surface area contributed by atoms with Crippen molar-refractivity contribution in [2.45, 2.75) is 72.0 Å². The highest BCUT2D eigenvalue weighted by Gasteiger charge is 2.24. The lowest BCUT2D eigenvalue weighted by atomic mass is 10.2. The van der Waals surface area contributed by atoms with Gasteiger partial charge in [-0.25, -0.2) is 9.59 Å². The molecule has 168 valence electrons. The highest BCUT2D eigenvalue weighted by Crippen LogP contribution is 2.13. The molecule has 10 heteroatoms. The van der Waals surface area contributed by atoms with Crippen molar-refractivity contribution < 1.29 is 19.1 Å². The standard InChI is InChI=1S/C19H36N4O4S2/c1-18(2,3)26-16(24)22(12-8-14(20)28)10-7-11-23(13-9-15(21)29)17(25)27-19(4,5)6/h7-13H2,1-6H3,(H2,20,28)(H2,21,29). The highest BCUT2D eigenvalue weighted by atomic mass is 32.1. The Hall–Kier alpha value is -1.68. The van der Waals surface area contributed by atoms with Gasteiger partial charge in [0.1, 0.15) is 11.2 Å². The summed E-state index contributed by atoms with van der Waals surface area (Å²) in [6.45, 7) is 12.3. The minimum absolute atomic E-state index is 0.324. The number of thiocarbonyl (C=S) groups is 2. The number of nitrogens with zero attached hydrogens (tertiary/aromatic N) is 2. The van der Waals surface area contributed by atoms with Gasteiger partial charge in [0, 0.05) is 39.0 Å². The summed E-state index contributed by atoms with van der Waals surface area (Å²) in [5.74, 6) is 0. The molecule has 8 nitrogen and oxygen atoms in total. The van der Waals surface area contributed by atoms with Crippen LogP contribution in [-0.4, -0.2) is 69.3 Å². The molecular weight excluding hydrogens is 412 g/mol. The molecule has 4 N–H and O–H groups in total. The van der Waals surface area contributed by atoms with E-state index in [0.29, 0.717) is 55.4 Å². The van der Waals surface area contributed by atoms with Crippen LogP contribution in [0.4, 0.5) is 9.59 Å². The van der Waals surface area contributed by atoms with Gasteiger partial charge in [-0.15, -0.1) is 0 Å². The third-order valence-corrected chi connectivity index (χ3v) is 3.82. The third kappa shape index (κ3) is 14.9. The van der Waals surface area contributed by atoms with Crippen molar-refractivity contribution in [3.8, 4) is 0 Å². The largest absolute Gasteiger partial charge is 0.444 e. The highest BCUT2D eigenvalue weighted by molar-refractivity contribution is 7.80. The van der Waals surface area contributed by atoms with Crippen LogP contribution in [0.25, 0.3) is 0 Å². The van der Waals surface area contributed by atoms with Gasteiger partial charge in [0.2, 0.25) is 0 Å². The molecule has 0 aromatic carbocycles. The minimum atomic E-state index is -0.613. The maximum absolute atomic E-state index is 12.5. The number of rotatable bonds is 10. The Morgan fingerprint density at radius 2 is 1.03 bits per heavy atom. The third-order valence-electron chi connectivity index (χ3n) is 3.42. The van der Waals surface area contributed by atoms with Crippen LogP contribution >= 0.6 is 24.4 Å². The first kappa shape index (κ1) is 27.3. The second-order valence-corrected chi connectivity index (χ2v) is 9.77. The van der Waals surface area contributed by atoms with E-state index >= 15 is 0 Å². The van der Waals surface area contributed by atoms with E-state index in [9.17, 15) is 9.59 Å². The Morgan fingerprint density at radius 1 is 0.724 bits per heavy atom. The summed E-state index contributed by atoms with van der Waals surface area (Å²) in [4.78, 5) is 28.7. The molecule has 0 unspecified atom stereocenters. The number of ether oxygens (including phenoxy) is 2. The number of carbonyl (C=O) groups excluding carboxylic acids is 2. The predicted molar refractivity (Wildman–Crippen MR) is 123 cm³/mol. The van der Waals surface area contributed by atoms with Crippen LogP contribution in [0.2, 0.25) is 0 Å². The van der Waals surface area contributed by atoms with E-state index in [-0.39, 0.29) is 0 Å². The molecule has 0 aliphatic carbocycles. The molecule has 0 bridgehead atoms. The fourth-order valence-corrected chi connectivity index (χ4v) is 2.37. The average Bonchev–Trinajstić information content (AvgIpc) is 2.49. The van der Waals surface area contributed by atoms with E-state index in [1.807, 2.05) is 0 Å². The monoisotopic (exact) mass is 448 g/mol. The molecule has 29 heavy (non-hydrogen) atoms. The topological polar surface area (TPSA) is 111 Å². The van der Waals surface area contributed by atoms with Crippen LogP contribution in [-0.2, 0) is 9.47 Å². The lowest BCUT2D eigenvalue weighted by molar-refractivity contribution is 0.0211. The molecule has 0 saturated heterocycles. The van der Waals surface area contributed by atoms with Crippen molar-refractivity contribution in [1.82, 2.24) is 9.80 Å². The first-order valence-electron chi connectivity index (χ1n) is 9.63. The maximum Gasteiger partial charge on any atom is 0.410 e. The first-order valence-corrected chi connectivity index (χ1v) is 10.4. The van der Waals surface area contributed by atoms with Crippen molar-refractivity contribution in [3.05, 3.63) is 0 Å². The first-order chi connectivity index (χ1) is 13.1. The van der Waals surface area contributed by atoms with E-state index in [1.165, 1.54) is 0 Å². The summed E-state index contributed by atoms with van der Waals surface area (Å²) in [7, 11) is 0. The molecule has 0 spiro atoms. The smallest absolute Gasteiger partial charge is 0.410 e. The molecule has 0 aromatic heterocycles. The summed E-state index contributed by atoms with van der Waals surface area (Å²) < 4.78 is 10.9. The van der Waals surface area contributed by atoms with Crippen molar-refractivity contribution in [3.63, 3.8) is 0 Å². The summed E-state index contributed by atoms with van der Waals surface area (Å²) in [5.41, 5.74) is 9.91. The number of hydrogen-bond acceptors (Lipinski definition) is 6. The molecule has 0 aliphatic rings. The molecule has 0 heterocycles. The van der Waals surface area contributed by atoms with Crippen molar-refractivity contribution >= 4 is 46.6 Å². The number of amides is 2. The predicted octanol–water partition coefficient (Wildman–Crippen LogP) is 3.20. The fraction of sp³-hybridized carbons (Fsp3) is 0.789. The summed E-state index contributed by atoms with van der Waals surface area (Å²) >= 11 is 9.83. The summed E-state index contributed by atoms with van der Waals surface area (Å²) in [5, 5.41) is 0. The maximum atomic E-state index is 12.5. The average molecular weight is 449 g/mol. The van der Waals surface area contributed by atoms with Crippen LogP contribution in [0.15, 0.2) is 0 Å². The van der Waals surface area contributed by atoms with Gasteiger partial charge in [0.25, 0.3) is 0 Å². The van der Waals surface area contributed by atoms with Gasteiger partial charge < -0.3 is 30.7 Å². The van der Waals surface area contributed by atoms with Gasteiger partial charge in [-0.05, 0) is 48.0 Å². The van der Waals surface area contributed by atoms with Gasteiger partial charge >= 0.3 is 12.2 Å². The molecule has 0 saturated carbocycles. The van der Waals surface area contributed by atoms with Gasteiger partial charge in [-0.2, -0.15) is 0 Å². The summed E-state index contributed by atoms with van der Waals surface area (Å²) in [6.07, 6.45) is 0.423. The molecule has 0 fully saturated rings. The van der Waals surface area contributed by atoms with Crippen LogP contribution in [0.1, 0.15) is 60.8 Å². The molecular formula is C19H36N4O4S2. The SMILES string of the molecule is CC(C)(C)OC(=O)N(CCCN(CCC(N)=S)C(=O)OC(C)(C)C)CCC(N)=S. The van der Waals surface area contributed by atoms with Crippen molar-refractivity contribution in [1.29, 1.82) is 0 Å². The zero-order chi connectivity index (χ0) is 22.8. The summed E-state index contributed by atoms with van der Waals surface area (Å²) in [6, 6.07) is 0. The van der Waals surface area contributed by atoms with Crippen LogP contribution in [0.5, 0.6) is 0 Å². The molecule has 0 rings (SSSR count). The zero-order valence-corrected chi connectivity index (χ0v) is 20.1. The Morgan fingerprint density at radius 3 is 1.28 bits per heavy atom. The van der Waals surface area contributed by atoms with Gasteiger partial charge in [0.15, 0.2) is 0 Å². The Labute approximate surface area is 185 Å². The normalized spacial score (nSPS) is 11.5. The quantitative estimate of drug-likeness (QED) is 0.490. The van der Waals surface area contributed by atoms with Crippen LogP contribution in [0.3, 0.4) is 0 Å². The van der Waals surface area contributed by atoms with Crippen LogP contribution in [0, 0.1) is 0 Å². The Bertz CT molecular complexity index is 536. The fourth-order valence-electron chi connectivity index (χ4n) is 2.18. The molecule has 0 aromatic rings. The second kappa shape index (κ2) is 12.1. The lowest BCUT2D eigenvalue weighted by Gasteiger charge is -2.29. The second-order valence-electron chi connectivity index (χ2n) is 8.72. The van der Waals surface area contributed by atoms with Gasteiger partial charge in [0.05, 0.1) is 9.98 Å². The van der Waals surface area contributed by atoms with E-state index in [2.05, 4.69) is 0 Å². The van der Waals surface area contributed by atoms with Crippen LogP contribution < -0.4 is 11.5 Å². The minimum Gasteiger partial charge on any atom is -0.444 e. The number of carbonyl (C=O) groups is 2. The Kier molecular flexibility index (Phi) is 11.4. The van der Waals surface area contributed by atoms with E-state index in [1.54, 1.807) is 51.3 Å². The van der Waals surface area contributed by atoms with Crippen molar-refractivity contribution in [2.24, 2.45) is 11.5 Å². The molecule has 2 amide bonds. The van der Waals surface area contributed by atoms with Gasteiger partial charge in [-0.3, -0.25) is 0 Å². The van der Waals surface area contributed by atoms with E-state index < -0.39 is 23.4 Å². The number of nitrogens with two attached hydrogens (primary N) is 2. The molecule has 0 atom stereocenters.